The lowest BCUT2D eigenvalue weighted by atomic mass is 10.1. The molecule has 0 radical (unpaired) electrons. The van der Waals surface area contributed by atoms with Crippen molar-refractivity contribution in [1.29, 1.82) is 5.26 Å². The van der Waals surface area contributed by atoms with Crippen LogP contribution in [0.2, 0.25) is 0 Å². The summed E-state index contributed by atoms with van der Waals surface area (Å²) < 4.78 is 1.26. The number of aromatic nitrogens is 1. The first kappa shape index (κ1) is 10.9. The van der Waals surface area contributed by atoms with Gasteiger partial charge in [0.25, 0.3) is 5.56 Å². The average molecular weight is 227 g/mol. The molecule has 0 aliphatic carbocycles. The van der Waals surface area contributed by atoms with Gasteiger partial charge in [0, 0.05) is 6.07 Å². The summed E-state index contributed by atoms with van der Waals surface area (Å²) in [6.45, 7) is -0.189. The highest BCUT2D eigenvalue weighted by molar-refractivity contribution is 5.82. The average Bonchev–Trinajstić information content (AvgIpc) is 2.32. The van der Waals surface area contributed by atoms with Crippen LogP contribution in [-0.4, -0.2) is 10.5 Å². The molecular weight excluding hydrogens is 218 g/mol. The van der Waals surface area contributed by atoms with Gasteiger partial charge in [-0.15, -0.1) is 0 Å². The minimum atomic E-state index is -0.595. The Morgan fingerprint density at radius 2 is 2.06 bits per heavy atom. The SMILES string of the molecule is N#Cc1ccc2ccc(=O)n(CC(N)=O)c2c1. The molecule has 2 rings (SSSR count). The molecule has 2 aromatic rings. The number of nitrogens with two attached hydrogens (primary N) is 1. The van der Waals surface area contributed by atoms with Crippen LogP contribution in [0.3, 0.4) is 0 Å². The molecule has 1 aromatic carbocycles. The lowest BCUT2D eigenvalue weighted by molar-refractivity contribution is -0.118. The molecule has 0 saturated carbocycles. The molecule has 2 N–H and O–H groups in total. The van der Waals surface area contributed by atoms with E-state index in [2.05, 4.69) is 0 Å². The highest BCUT2D eigenvalue weighted by Crippen LogP contribution is 2.13. The van der Waals surface area contributed by atoms with Gasteiger partial charge < -0.3 is 5.73 Å². The van der Waals surface area contributed by atoms with E-state index in [1.807, 2.05) is 6.07 Å². The molecule has 0 atom stereocenters. The van der Waals surface area contributed by atoms with Gasteiger partial charge in [0.05, 0.1) is 17.1 Å². The number of amides is 1. The first-order chi connectivity index (χ1) is 8.11. The number of carbonyl (C=O) groups is 1. The molecule has 0 saturated heterocycles. The summed E-state index contributed by atoms with van der Waals surface area (Å²) in [7, 11) is 0. The summed E-state index contributed by atoms with van der Waals surface area (Å²) in [5, 5.41) is 9.59. The summed E-state index contributed by atoms with van der Waals surface area (Å²) in [5.41, 5.74) is 5.75. The van der Waals surface area contributed by atoms with E-state index < -0.39 is 5.91 Å². The highest BCUT2D eigenvalue weighted by atomic mass is 16.2. The molecule has 0 fully saturated rings. The molecule has 0 aliphatic rings. The van der Waals surface area contributed by atoms with Gasteiger partial charge in [0.1, 0.15) is 6.54 Å². The second kappa shape index (κ2) is 4.10. The lowest BCUT2D eigenvalue weighted by Crippen LogP contribution is -2.27. The monoisotopic (exact) mass is 227 g/mol. The Kier molecular flexibility index (Phi) is 2.63. The number of rotatable bonds is 2. The van der Waals surface area contributed by atoms with Crippen LogP contribution in [-0.2, 0) is 11.3 Å². The summed E-state index contributed by atoms with van der Waals surface area (Å²) in [6.07, 6.45) is 0. The fourth-order valence-electron chi connectivity index (χ4n) is 1.68. The molecule has 5 heteroatoms. The Balaban J connectivity index is 2.78. The van der Waals surface area contributed by atoms with Crippen LogP contribution in [0, 0.1) is 11.3 Å². The Morgan fingerprint density at radius 1 is 1.35 bits per heavy atom. The minimum absolute atomic E-state index is 0.189. The maximum atomic E-state index is 11.6. The molecule has 84 valence electrons. The van der Waals surface area contributed by atoms with Crippen LogP contribution in [0.4, 0.5) is 0 Å². The second-order valence-electron chi connectivity index (χ2n) is 3.61. The number of nitriles is 1. The number of primary amides is 1. The number of pyridine rings is 1. The van der Waals surface area contributed by atoms with E-state index in [0.29, 0.717) is 11.1 Å². The topological polar surface area (TPSA) is 88.9 Å². The Morgan fingerprint density at radius 3 is 2.71 bits per heavy atom. The van der Waals surface area contributed by atoms with Crippen molar-refractivity contribution in [1.82, 2.24) is 4.57 Å². The molecule has 0 unspecified atom stereocenters. The highest BCUT2D eigenvalue weighted by Gasteiger charge is 2.06. The Hall–Kier alpha value is -2.61. The van der Waals surface area contributed by atoms with E-state index in [9.17, 15) is 9.59 Å². The van der Waals surface area contributed by atoms with E-state index in [1.165, 1.54) is 10.6 Å². The molecule has 1 aromatic heterocycles. The smallest absolute Gasteiger partial charge is 0.251 e. The third-order valence-electron chi connectivity index (χ3n) is 2.44. The van der Waals surface area contributed by atoms with Crippen LogP contribution >= 0.6 is 0 Å². The molecule has 5 nitrogen and oxygen atoms in total. The summed E-state index contributed by atoms with van der Waals surface area (Å²) >= 11 is 0. The van der Waals surface area contributed by atoms with E-state index in [1.54, 1.807) is 24.3 Å². The molecular formula is C12H9N3O2. The summed E-state index contributed by atoms with van der Waals surface area (Å²) in [4.78, 5) is 22.6. The third-order valence-corrected chi connectivity index (χ3v) is 2.44. The summed E-state index contributed by atoms with van der Waals surface area (Å²) in [5.74, 6) is -0.595. The molecule has 0 aliphatic heterocycles. The van der Waals surface area contributed by atoms with Crippen LogP contribution < -0.4 is 11.3 Å². The van der Waals surface area contributed by atoms with Gasteiger partial charge in [0.15, 0.2) is 0 Å². The number of fused-ring (bicyclic) bond motifs is 1. The van der Waals surface area contributed by atoms with Gasteiger partial charge in [-0.05, 0) is 23.6 Å². The van der Waals surface area contributed by atoms with E-state index in [0.717, 1.165) is 5.39 Å². The van der Waals surface area contributed by atoms with E-state index in [4.69, 9.17) is 11.0 Å². The van der Waals surface area contributed by atoms with Crippen LogP contribution in [0.15, 0.2) is 35.1 Å². The standard InChI is InChI=1S/C12H9N3O2/c13-6-8-1-2-9-3-4-12(17)15(7-11(14)16)10(9)5-8/h1-5H,7H2,(H2,14,16). The largest absolute Gasteiger partial charge is 0.368 e. The first-order valence-electron chi connectivity index (χ1n) is 4.94. The van der Waals surface area contributed by atoms with Crippen molar-refractivity contribution in [2.75, 3.05) is 0 Å². The van der Waals surface area contributed by atoms with Crippen molar-refractivity contribution < 1.29 is 4.79 Å². The van der Waals surface area contributed by atoms with Crippen molar-refractivity contribution in [3.8, 4) is 6.07 Å². The number of hydrogen-bond donors (Lipinski definition) is 1. The Labute approximate surface area is 96.7 Å². The maximum absolute atomic E-state index is 11.6. The van der Waals surface area contributed by atoms with Gasteiger partial charge in [-0.25, -0.2) is 0 Å². The number of benzene rings is 1. The predicted octanol–water partition coefficient (Wildman–Crippen LogP) is 0.358. The second-order valence-corrected chi connectivity index (χ2v) is 3.61. The first-order valence-corrected chi connectivity index (χ1v) is 4.94. The fourth-order valence-corrected chi connectivity index (χ4v) is 1.68. The predicted molar refractivity (Wildman–Crippen MR) is 62.1 cm³/mol. The van der Waals surface area contributed by atoms with Gasteiger partial charge in [-0.3, -0.25) is 14.2 Å². The quantitative estimate of drug-likeness (QED) is 0.803. The van der Waals surface area contributed by atoms with Gasteiger partial charge in [-0.2, -0.15) is 5.26 Å². The fraction of sp³-hybridized carbons (Fsp3) is 0.0833. The number of nitrogens with zero attached hydrogens (tertiary/aromatic N) is 2. The van der Waals surface area contributed by atoms with Crippen LogP contribution in [0.25, 0.3) is 10.9 Å². The Bertz CT molecular complexity index is 695. The van der Waals surface area contributed by atoms with Crippen molar-refractivity contribution in [2.24, 2.45) is 5.73 Å². The molecule has 0 bridgehead atoms. The van der Waals surface area contributed by atoms with Crippen molar-refractivity contribution in [3.63, 3.8) is 0 Å². The van der Waals surface area contributed by atoms with Crippen molar-refractivity contribution >= 4 is 16.8 Å². The molecule has 0 spiro atoms. The lowest BCUT2D eigenvalue weighted by Gasteiger charge is -2.07. The molecule has 17 heavy (non-hydrogen) atoms. The minimum Gasteiger partial charge on any atom is -0.368 e. The maximum Gasteiger partial charge on any atom is 0.251 e. The zero-order chi connectivity index (χ0) is 12.4. The van der Waals surface area contributed by atoms with E-state index >= 15 is 0 Å². The molecule has 1 heterocycles. The van der Waals surface area contributed by atoms with Gasteiger partial charge in [-0.1, -0.05) is 6.07 Å². The van der Waals surface area contributed by atoms with Crippen LogP contribution in [0.1, 0.15) is 5.56 Å². The molecule has 1 amide bonds. The zero-order valence-electron chi connectivity index (χ0n) is 8.88. The van der Waals surface area contributed by atoms with Crippen LogP contribution in [0.5, 0.6) is 0 Å². The summed E-state index contributed by atoms with van der Waals surface area (Å²) in [6, 6.07) is 9.96. The van der Waals surface area contributed by atoms with Crippen molar-refractivity contribution in [3.05, 3.63) is 46.2 Å². The van der Waals surface area contributed by atoms with Gasteiger partial charge in [0.2, 0.25) is 5.91 Å². The van der Waals surface area contributed by atoms with Gasteiger partial charge >= 0.3 is 0 Å². The number of carbonyl (C=O) groups excluding carboxylic acids is 1. The zero-order valence-corrected chi connectivity index (χ0v) is 8.88. The number of hydrogen-bond acceptors (Lipinski definition) is 3. The van der Waals surface area contributed by atoms with E-state index in [-0.39, 0.29) is 12.1 Å². The van der Waals surface area contributed by atoms with Crippen molar-refractivity contribution in [2.45, 2.75) is 6.54 Å². The normalized spacial score (nSPS) is 10.1. The third kappa shape index (κ3) is 2.01.